The first-order chi connectivity index (χ1) is 6.48. The van der Waals surface area contributed by atoms with Crippen molar-refractivity contribution in [3.8, 4) is 0 Å². The van der Waals surface area contributed by atoms with E-state index in [0.717, 1.165) is 4.88 Å². The van der Waals surface area contributed by atoms with E-state index in [4.69, 9.17) is 11.6 Å². The SMILES string of the molecule is C=CC(C)(C)C(O)(CCl)c1cccs1. The quantitative estimate of drug-likeness (QED) is 0.621. The molecule has 1 N–H and O–H groups in total. The first-order valence-corrected chi connectivity index (χ1v) is 5.85. The Balaban J connectivity index is 3.16. The molecule has 0 aliphatic heterocycles. The summed E-state index contributed by atoms with van der Waals surface area (Å²) < 4.78 is 0. The van der Waals surface area contributed by atoms with Crippen molar-refractivity contribution < 1.29 is 5.11 Å². The van der Waals surface area contributed by atoms with Gasteiger partial charge in [-0.15, -0.1) is 29.5 Å². The van der Waals surface area contributed by atoms with Crippen LogP contribution in [0.25, 0.3) is 0 Å². The minimum atomic E-state index is -1.02. The van der Waals surface area contributed by atoms with Crippen LogP contribution in [0.3, 0.4) is 0 Å². The second-order valence-corrected chi connectivity index (χ2v) is 5.11. The fraction of sp³-hybridized carbons (Fsp3) is 0.455. The fourth-order valence-corrected chi connectivity index (χ4v) is 2.80. The number of alkyl halides is 1. The van der Waals surface area contributed by atoms with Gasteiger partial charge in [-0.05, 0) is 11.4 Å². The molecule has 0 aliphatic rings. The monoisotopic (exact) mass is 230 g/mol. The van der Waals surface area contributed by atoms with Gasteiger partial charge in [0.25, 0.3) is 0 Å². The largest absolute Gasteiger partial charge is 0.382 e. The Kier molecular flexibility index (Phi) is 3.40. The normalized spacial score (nSPS) is 16.3. The van der Waals surface area contributed by atoms with Gasteiger partial charge in [0.1, 0.15) is 5.60 Å². The first kappa shape index (κ1) is 11.8. The van der Waals surface area contributed by atoms with Crippen molar-refractivity contribution in [3.63, 3.8) is 0 Å². The van der Waals surface area contributed by atoms with Gasteiger partial charge in [0, 0.05) is 10.3 Å². The summed E-state index contributed by atoms with van der Waals surface area (Å²) in [6.07, 6.45) is 1.75. The Hall–Kier alpha value is -0.310. The Morgan fingerprint density at radius 2 is 2.29 bits per heavy atom. The van der Waals surface area contributed by atoms with E-state index in [2.05, 4.69) is 6.58 Å². The van der Waals surface area contributed by atoms with E-state index in [1.54, 1.807) is 6.08 Å². The standard InChI is InChI=1S/C11H15ClOS/c1-4-10(2,3)11(13,8-12)9-6-5-7-14-9/h4-7,13H,1,8H2,2-3H3. The average Bonchev–Trinajstić information content (AvgIpc) is 2.69. The van der Waals surface area contributed by atoms with Gasteiger partial charge in [-0.25, -0.2) is 0 Å². The van der Waals surface area contributed by atoms with Gasteiger partial charge < -0.3 is 5.11 Å². The highest BCUT2D eigenvalue weighted by atomic mass is 35.5. The summed E-state index contributed by atoms with van der Waals surface area (Å²) in [5.41, 5.74) is -1.45. The van der Waals surface area contributed by atoms with Crippen LogP contribution in [0.2, 0.25) is 0 Å². The number of aliphatic hydroxyl groups is 1. The third kappa shape index (κ3) is 1.74. The summed E-state index contributed by atoms with van der Waals surface area (Å²) in [6, 6.07) is 3.81. The van der Waals surface area contributed by atoms with Crippen molar-refractivity contribution in [2.75, 3.05) is 5.88 Å². The first-order valence-electron chi connectivity index (χ1n) is 4.44. The fourth-order valence-electron chi connectivity index (χ4n) is 1.24. The lowest BCUT2D eigenvalue weighted by Gasteiger charge is -2.38. The zero-order chi connectivity index (χ0) is 10.8. The molecule has 0 saturated heterocycles. The summed E-state index contributed by atoms with van der Waals surface area (Å²) >= 11 is 7.39. The van der Waals surface area contributed by atoms with Gasteiger partial charge in [-0.2, -0.15) is 0 Å². The maximum Gasteiger partial charge on any atom is 0.121 e. The number of hydrogen-bond acceptors (Lipinski definition) is 2. The average molecular weight is 231 g/mol. The van der Waals surface area contributed by atoms with E-state index < -0.39 is 11.0 Å². The molecule has 3 heteroatoms. The molecular weight excluding hydrogens is 216 g/mol. The lowest BCUT2D eigenvalue weighted by atomic mass is 9.75. The molecule has 1 unspecified atom stereocenters. The van der Waals surface area contributed by atoms with Gasteiger partial charge in [-0.1, -0.05) is 26.0 Å². The number of thiophene rings is 1. The van der Waals surface area contributed by atoms with Crippen LogP contribution in [0, 0.1) is 5.41 Å². The maximum atomic E-state index is 10.5. The van der Waals surface area contributed by atoms with Crippen molar-refractivity contribution in [1.82, 2.24) is 0 Å². The number of halogens is 1. The molecule has 1 heterocycles. The third-order valence-electron chi connectivity index (χ3n) is 2.70. The molecule has 0 saturated carbocycles. The van der Waals surface area contributed by atoms with Gasteiger partial charge in [0.05, 0.1) is 5.88 Å². The molecule has 1 aromatic heterocycles. The van der Waals surface area contributed by atoms with Gasteiger partial charge in [-0.3, -0.25) is 0 Å². The summed E-state index contributed by atoms with van der Waals surface area (Å²) in [5, 5.41) is 12.5. The van der Waals surface area contributed by atoms with Crippen LogP contribution in [-0.2, 0) is 5.60 Å². The van der Waals surface area contributed by atoms with Crippen molar-refractivity contribution >= 4 is 22.9 Å². The third-order valence-corrected chi connectivity index (χ3v) is 4.11. The lowest BCUT2D eigenvalue weighted by Crippen LogP contribution is -2.41. The van der Waals surface area contributed by atoms with E-state index in [9.17, 15) is 5.11 Å². The van der Waals surface area contributed by atoms with Gasteiger partial charge in [0.15, 0.2) is 0 Å². The summed E-state index contributed by atoms with van der Waals surface area (Å²) in [7, 11) is 0. The Morgan fingerprint density at radius 1 is 1.64 bits per heavy atom. The Labute approximate surface area is 94.0 Å². The maximum absolute atomic E-state index is 10.5. The van der Waals surface area contributed by atoms with E-state index in [1.807, 2.05) is 31.4 Å². The van der Waals surface area contributed by atoms with Crippen molar-refractivity contribution in [2.24, 2.45) is 5.41 Å². The zero-order valence-electron chi connectivity index (χ0n) is 8.46. The molecule has 0 aliphatic carbocycles. The number of rotatable bonds is 4. The highest BCUT2D eigenvalue weighted by molar-refractivity contribution is 7.10. The topological polar surface area (TPSA) is 20.2 Å². The van der Waals surface area contributed by atoms with Crippen LogP contribution < -0.4 is 0 Å². The predicted molar refractivity (Wildman–Crippen MR) is 62.9 cm³/mol. The smallest absolute Gasteiger partial charge is 0.121 e. The van der Waals surface area contributed by atoms with E-state index in [0.29, 0.717) is 0 Å². The summed E-state index contributed by atoms with van der Waals surface area (Å²) in [4.78, 5) is 0.886. The predicted octanol–water partition coefficient (Wildman–Crippen LogP) is 3.39. The van der Waals surface area contributed by atoms with Crippen LogP contribution in [-0.4, -0.2) is 11.0 Å². The Bertz CT molecular complexity index is 305. The minimum absolute atomic E-state index is 0.173. The molecule has 1 nitrogen and oxygen atoms in total. The number of hydrogen-bond donors (Lipinski definition) is 1. The highest BCUT2D eigenvalue weighted by Gasteiger charge is 2.43. The van der Waals surface area contributed by atoms with Crippen LogP contribution in [0.4, 0.5) is 0 Å². The molecule has 0 spiro atoms. The summed E-state index contributed by atoms with van der Waals surface area (Å²) in [6.45, 7) is 7.61. The molecule has 14 heavy (non-hydrogen) atoms. The molecule has 78 valence electrons. The molecule has 0 radical (unpaired) electrons. The van der Waals surface area contributed by atoms with E-state index in [-0.39, 0.29) is 5.88 Å². The van der Waals surface area contributed by atoms with Gasteiger partial charge in [0.2, 0.25) is 0 Å². The molecule has 1 rings (SSSR count). The van der Waals surface area contributed by atoms with Crippen molar-refractivity contribution in [1.29, 1.82) is 0 Å². The molecule has 1 aromatic rings. The van der Waals surface area contributed by atoms with E-state index >= 15 is 0 Å². The van der Waals surface area contributed by atoms with Crippen LogP contribution in [0.1, 0.15) is 18.7 Å². The lowest BCUT2D eigenvalue weighted by molar-refractivity contribution is -0.0238. The molecule has 0 aromatic carbocycles. The highest BCUT2D eigenvalue weighted by Crippen LogP contribution is 2.43. The minimum Gasteiger partial charge on any atom is -0.382 e. The molecule has 0 fully saturated rings. The second kappa shape index (κ2) is 4.05. The molecule has 1 atom stereocenters. The van der Waals surface area contributed by atoms with Crippen molar-refractivity contribution in [3.05, 3.63) is 35.0 Å². The van der Waals surface area contributed by atoms with Crippen molar-refractivity contribution in [2.45, 2.75) is 19.4 Å². The Morgan fingerprint density at radius 3 is 2.64 bits per heavy atom. The van der Waals surface area contributed by atoms with Gasteiger partial charge >= 0.3 is 0 Å². The molecule has 0 bridgehead atoms. The zero-order valence-corrected chi connectivity index (χ0v) is 10.0. The summed E-state index contributed by atoms with van der Waals surface area (Å²) in [5.74, 6) is 0.173. The molecule has 0 amide bonds. The van der Waals surface area contributed by atoms with Crippen LogP contribution in [0.15, 0.2) is 30.2 Å². The van der Waals surface area contributed by atoms with Crippen LogP contribution >= 0.6 is 22.9 Å². The van der Waals surface area contributed by atoms with Crippen LogP contribution in [0.5, 0.6) is 0 Å². The second-order valence-electron chi connectivity index (χ2n) is 3.90. The molecular formula is C11H15ClOS. The van der Waals surface area contributed by atoms with E-state index in [1.165, 1.54) is 11.3 Å².